The summed E-state index contributed by atoms with van der Waals surface area (Å²) in [6.45, 7) is 1.99. The summed E-state index contributed by atoms with van der Waals surface area (Å²) in [4.78, 5) is 16.4. The molecule has 0 bridgehead atoms. The number of carbonyl (C=O) groups is 1. The van der Waals surface area contributed by atoms with Crippen LogP contribution in [0.25, 0.3) is 10.9 Å². The van der Waals surface area contributed by atoms with E-state index >= 15 is 0 Å². The fourth-order valence-corrected chi connectivity index (χ4v) is 1.84. The van der Waals surface area contributed by atoms with Gasteiger partial charge in [0.25, 0.3) is 0 Å². The molecule has 0 aliphatic rings. The Morgan fingerprint density at radius 3 is 2.94 bits per heavy atom. The topological polar surface area (TPSA) is 56.0 Å². The van der Waals surface area contributed by atoms with Gasteiger partial charge in [-0.1, -0.05) is 25.1 Å². The molecule has 0 aliphatic carbocycles. The van der Waals surface area contributed by atoms with Crippen LogP contribution in [0.15, 0.2) is 36.5 Å². The lowest BCUT2D eigenvalue weighted by Gasteiger charge is -2.09. The second-order valence-electron chi connectivity index (χ2n) is 4.17. The maximum Gasteiger partial charge on any atom is 0.165 e. The summed E-state index contributed by atoms with van der Waals surface area (Å²) in [7, 11) is 0. The minimum Gasteiger partial charge on any atom is -0.327 e. The molecule has 1 unspecified atom stereocenters. The Morgan fingerprint density at radius 2 is 2.18 bits per heavy atom. The second-order valence-corrected chi connectivity index (χ2v) is 4.17. The average Bonchev–Trinajstić information content (AvgIpc) is 2.37. The Balaban J connectivity index is 2.38. The van der Waals surface area contributed by atoms with Gasteiger partial charge in [-0.05, 0) is 18.6 Å². The highest BCUT2D eigenvalue weighted by atomic mass is 16.1. The third kappa shape index (κ3) is 2.50. The molecular weight excluding hydrogens is 212 g/mol. The highest BCUT2D eigenvalue weighted by Crippen LogP contribution is 2.18. The molecule has 17 heavy (non-hydrogen) atoms. The van der Waals surface area contributed by atoms with Gasteiger partial charge in [0.05, 0.1) is 5.52 Å². The maximum atomic E-state index is 12.1. The number of rotatable bonds is 4. The van der Waals surface area contributed by atoms with Gasteiger partial charge in [0.15, 0.2) is 5.78 Å². The number of nitrogens with zero attached hydrogens (tertiary/aromatic N) is 1. The number of nitrogens with two attached hydrogens (primary N) is 1. The van der Waals surface area contributed by atoms with E-state index in [0.717, 1.165) is 22.9 Å². The van der Waals surface area contributed by atoms with Gasteiger partial charge in [0.1, 0.15) is 0 Å². The zero-order valence-electron chi connectivity index (χ0n) is 9.89. The molecule has 3 heteroatoms. The smallest absolute Gasteiger partial charge is 0.165 e. The molecule has 1 aromatic carbocycles. The maximum absolute atomic E-state index is 12.1. The van der Waals surface area contributed by atoms with E-state index in [1.165, 1.54) is 0 Å². The van der Waals surface area contributed by atoms with Crippen molar-refractivity contribution in [2.45, 2.75) is 25.8 Å². The van der Waals surface area contributed by atoms with Gasteiger partial charge < -0.3 is 5.73 Å². The van der Waals surface area contributed by atoms with Crippen LogP contribution in [0.1, 0.15) is 30.1 Å². The van der Waals surface area contributed by atoms with Crippen LogP contribution in [-0.2, 0) is 0 Å². The van der Waals surface area contributed by atoms with Gasteiger partial charge in [-0.3, -0.25) is 9.78 Å². The fraction of sp³-hybridized carbons (Fsp3) is 0.286. The number of hydrogen-bond donors (Lipinski definition) is 1. The summed E-state index contributed by atoms with van der Waals surface area (Å²) in [5.41, 5.74) is 7.39. The zero-order chi connectivity index (χ0) is 12.3. The number of ketones is 1. The number of hydrogen-bond acceptors (Lipinski definition) is 3. The van der Waals surface area contributed by atoms with Crippen molar-refractivity contribution in [2.75, 3.05) is 0 Å². The summed E-state index contributed by atoms with van der Waals surface area (Å²) in [6.07, 6.45) is 2.94. The van der Waals surface area contributed by atoms with Crippen molar-refractivity contribution >= 4 is 16.7 Å². The molecule has 0 spiro atoms. The van der Waals surface area contributed by atoms with E-state index in [4.69, 9.17) is 5.73 Å². The van der Waals surface area contributed by atoms with E-state index in [0.29, 0.717) is 6.42 Å². The number of pyridine rings is 1. The van der Waals surface area contributed by atoms with E-state index in [1.807, 2.05) is 37.3 Å². The number of aromatic nitrogens is 1. The first-order valence-corrected chi connectivity index (χ1v) is 5.85. The highest BCUT2D eigenvalue weighted by Gasteiger charge is 2.13. The molecule has 1 atom stereocenters. The molecule has 1 aromatic heterocycles. The van der Waals surface area contributed by atoms with E-state index in [1.54, 1.807) is 6.20 Å². The van der Waals surface area contributed by atoms with Crippen molar-refractivity contribution in [1.82, 2.24) is 4.98 Å². The van der Waals surface area contributed by atoms with Crippen LogP contribution in [0.2, 0.25) is 0 Å². The van der Waals surface area contributed by atoms with Crippen LogP contribution >= 0.6 is 0 Å². The lowest BCUT2D eigenvalue weighted by Crippen LogP contribution is -2.22. The van der Waals surface area contributed by atoms with Crippen molar-refractivity contribution in [1.29, 1.82) is 0 Å². The number of Topliss-reactive ketones (excluding diaryl/α,β-unsaturated/α-hetero) is 1. The summed E-state index contributed by atoms with van der Waals surface area (Å²) in [5.74, 6) is 0.0953. The standard InChI is InChI=1S/C14H16N2O/c1-2-10(15)9-14(17)12-5-3-7-13-11(12)6-4-8-16-13/h3-8,10H,2,9,15H2,1H3. The van der Waals surface area contributed by atoms with Crippen LogP contribution in [0.3, 0.4) is 0 Å². The molecule has 0 saturated heterocycles. The zero-order valence-corrected chi connectivity index (χ0v) is 9.89. The van der Waals surface area contributed by atoms with Gasteiger partial charge in [-0.25, -0.2) is 0 Å². The summed E-state index contributed by atoms with van der Waals surface area (Å²) in [5, 5.41) is 0.906. The first-order chi connectivity index (χ1) is 8.22. The Morgan fingerprint density at radius 1 is 1.35 bits per heavy atom. The molecule has 0 saturated carbocycles. The first kappa shape index (κ1) is 11.7. The molecule has 2 N–H and O–H groups in total. The van der Waals surface area contributed by atoms with Gasteiger partial charge >= 0.3 is 0 Å². The molecule has 0 amide bonds. The fourth-order valence-electron chi connectivity index (χ4n) is 1.84. The highest BCUT2D eigenvalue weighted by molar-refractivity contribution is 6.07. The Labute approximate surface area is 101 Å². The third-order valence-electron chi connectivity index (χ3n) is 2.92. The SMILES string of the molecule is CCC(N)CC(=O)c1cccc2ncccc12. The van der Waals surface area contributed by atoms with Crippen molar-refractivity contribution in [3.8, 4) is 0 Å². The molecule has 2 aromatic rings. The minimum atomic E-state index is -0.0607. The normalized spacial score (nSPS) is 12.6. The molecule has 0 radical (unpaired) electrons. The van der Waals surface area contributed by atoms with Crippen LogP contribution in [0.4, 0.5) is 0 Å². The van der Waals surface area contributed by atoms with Gasteiger partial charge in [0.2, 0.25) is 0 Å². The molecule has 88 valence electrons. The summed E-state index contributed by atoms with van der Waals surface area (Å²) >= 11 is 0. The van der Waals surface area contributed by atoms with E-state index in [9.17, 15) is 4.79 Å². The Hall–Kier alpha value is -1.74. The Kier molecular flexibility index (Phi) is 3.49. The third-order valence-corrected chi connectivity index (χ3v) is 2.92. The quantitative estimate of drug-likeness (QED) is 0.818. The molecule has 1 heterocycles. The Bertz CT molecular complexity index is 531. The molecular formula is C14H16N2O. The van der Waals surface area contributed by atoms with Crippen LogP contribution in [-0.4, -0.2) is 16.8 Å². The predicted molar refractivity (Wildman–Crippen MR) is 69.0 cm³/mol. The predicted octanol–water partition coefficient (Wildman–Crippen LogP) is 2.54. The van der Waals surface area contributed by atoms with Gasteiger partial charge in [-0.2, -0.15) is 0 Å². The van der Waals surface area contributed by atoms with Crippen molar-refractivity contribution in [3.05, 3.63) is 42.1 Å². The minimum absolute atomic E-state index is 0.0607. The average molecular weight is 228 g/mol. The number of carbonyl (C=O) groups excluding carboxylic acids is 1. The van der Waals surface area contributed by atoms with E-state index in [-0.39, 0.29) is 11.8 Å². The van der Waals surface area contributed by atoms with Crippen molar-refractivity contribution in [2.24, 2.45) is 5.73 Å². The number of benzene rings is 1. The molecule has 3 nitrogen and oxygen atoms in total. The monoisotopic (exact) mass is 228 g/mol. The van der Waals surface area contributed by atoms with E-state index < -0.39 is 0 Å². The second kappa shape index (κ2) is 5.06. The summed E-state index contributed by atoms with van der Waals surface area (Å²) in [6, 6.07) is 9.32. The van der Waals surface area contributed by atoms with Crippen LogP contribution in [0, 0.1) is 0 Å². The first-order valence-electron chi connectivity index (χ1n) is 5.85. The largest absolute Gasteiger partial charge is 0.327 e. The van der Waals surface area contributed by atoms with Crippen molar-refractivity contribution < 1.29 is 4.79 Å². The number of fused-ring (bicyclic) bond motifs is 1. The van der Waals surface area contributed by atoms with Crippen molar-refractivity contribution in [3.63, 3.8) is 0 Å². The lowest BCUT2D eigenvalue weighted by atomic mass is 9.99. The summed E-state index contributed by atoms with van der Waals surface area (Å²) < 4.78 is 0. The van der Waals surface area contributed by atoms with E-state index in [2.05, 4.69) is 4.98 Å². The van der Waals surface area contributed by atoms with Gasteiger partial charge in [-0.15, -0.1) is 0 Å². The van der Waals surface area contributed by atoms with Crippen LogP contribution < -0.4 is 5.73 Å². The van der Waals surface area contributed by atoms with Gasteiger partial charge in [0, 0.05) is 29.6 Å². The molecule has 0 fully saturated rings. The lowest BCUT2D eigenvalue weighted by molar-refractivity contribution is 0.0975. The molecule has 0 aliphatic heterocycles. The molecule has 2 rings (SSSR count). The van der Waals surface area contributed by atoms with Crippen LogP contribution in [0.5, 0.6) is 0 Å².